The summed E-state index contributed by atoms with van der Waals surface area (Å²) in [4.78, 5) is 0. The van der Waals surface area contributed by atoms with E-state index >= 15 is 0 Å². The van der Waals surface area contributed by atoms with Crippen LogP contribution in [0.4, 0.5) is 0 Å². The van der Waals surface area contributed by atoms with Crippen LogP contribution in [0.5, 0.6) is 0 Å². The Morgan fingerprint density at radius 2 is 0.477 bits per heavy atom. The summed E-state index contributed by atoms with van der Waals surface area (Å²) in [7, 11) is 0. The molecule has 0 nitrogen and oxygen atoms in total. The first-order valence-electron chi connectivity index (χ1n) is 36.8. The van der Waals surface area contributed by atoms with Gasteiger partial charge in [-0.1, -0.05) is 0 Å². The van der Waals surface area contributed by atoms with E-state index in [0.29, 0.717) is 0 Å². The van der Waals surface area contributed by atoms with Crippen LogP contribution in [-0.2, 0) is 54.1 Å². The van der Waals surface area contributed by atoms with Crippen LogP contribution >= 0.6 is 0 Å². The van der Waals surface area contributed by atoms with Gasteiger partial charge in [0.05, 0.1) is 0 Å². The van der Waals surface area contributed by atoms with Crippen molar-refractivity contribution >= 4 is 41.3 Å². The van der Waals surface area contributed by atoms with E-state index in [9.17, 15) is 0 Å². The van der Waals surface area contributed by atoms with Crippen LogP contribution in [0.15, 0.2) is 97.1 Å². The van der Waals surface area contributed by atoms with Crippen LogP contribution in [0, 0.1) is 0 Å². The third-order valence-corrected chi connectivity index (χ3v) is 55.3. The molecule has 0 fully saturated rings. The average Bonchev–Trinajstić information content (AvgIpc) is 1.50. The molecule has 0 amide bonds. The maximum atomic E-state index is 3.05. The van der Waals surface area contributed by atoms with Crippen molar-refractivity contribution in [2.45, 2.75) is 321 Å². The Morgan fingerprint density at radius 1 is 0.250 bits per heavy atom. The Morgan fingerprint density at radius 3 is 0.716 bits per heavy atom. The first-order chi connectivity index (χ1) is 42.1. The average molecular weight is 1300 g/mol. The Bertz CT molecular complexity index is 3370. The summed E-state index contributed by atoms with van der Waals surface area (Å²) >= 11 is -6.10. The van der Waals surface area contributed by atoms with Crippen molar-refractivity contribution in [1.29, 1.82) is 0 Å². The first kappa shape index (κ1) is 64.5. The van der Waals surface area contributed by atoms with Gasteiger partial charge >= 0.3 is 548 Å². The second kappa shape index (κ2) is 22.6. The molecular formula is C86H116Ge2. The van der Waals surface area contributed by atoms with Crippen molar-refractivity contribution < 1.29 is 0 Å². The van der Waals surface area contributed by atoms with E-state index in [-0.39, 0.29) is 54.1 Å². The van der Waals surface area contributed by atoms with Gasteiger partial charge in [0, 0.05) is 0 Å². The van der Waals surface area contributed by atoms with E-state index in [0.717, 1.165) is 0 Å². The SMILES string of the molecule is CCC1(CC)CC(CC)(CC)c2c1cc1c([c]2/[Ge]([c]2ccc3c(c2)C(C)(C)c2ccccc2-3)=[Ge](\[c]2ccc3c(c2)C(C)(C)c2ccccc2-3)[c]2c3c(cc4c2C(CC)(CC)CC4(CC)CC)C(CC)(CC)CC3(CC)CC)C(CC)(CC)CC1(CC)CC. The van der Waals surface area contributed by atoms with Crippen LogP contribution < -0.4 is 17.6 Å². The number of fused-ring (bicyclic) bond motifs is 10. The maximum absolute atomic E-state index is 3.05. The molecule has 468 valence electrons. The van der Waals surface area contributed by atoms with Gasteiger partial charge in [-0.3, -0.25) is 0 Å². The molecule has 6 aromatic carbocycles. The third kappa shape index (κ3) is 8.31. The third-order valence-electron chi connectivity index (χ3n) is 29.1. The van der Waals surface area contributed by atoms with Gasteiger partial charge in [-0.25, -0.2) is 0 Å². The quantitative estimate of drug-likeness (QED) is 0.0669. The van der Waals surface area contributed by atoms with Crippen LogP contribution in [0.25, 0.3) is 22.3 Å². The number of hydrogen-bond acceptors (Lipinski definition) is 0. The van der Waals surface area contributed by atoms with Crippen molar-refractivity contribution in [2.75, 3.05) is 0 Å². The van der Waals surface area contributed by atoms with Crippen molar-refractivity contribution in [3.63, 3.8) is 0 Å². The summed E-state index contributed by atoms with van der Waals surface area (Å²) in [5.41, 5.74) is 27.9. The van der Waals surface area contributed by atoms with Crippen LogP contribution in [-0.4, -0.2) is 23.7 Å². The molecule has 0 bridgehead atoms. The Kier molecular flexibility index (Phi) is 16.5. The topological polar surface area (TPSA) is 0 Å². The van der Waals surface area contributed by atoms with E-state index in [1.165, 1.54) is 162 Å². The molecule has 0 saturated carbocycles. The number of hydrogen-bond donors (Lipinski definition) is 0. The van der Waals surface area contributed by atoms with E-state index in [4.69, 9.17) is 0 Å². The normalized spacial score (nSPS) is 21.2. The molecule has 0 N–H and O–H groups in total. The minimum absolute atomic E-state index is 0.102. The predicted octanol–water partition coefficient (Wildman–Crippen LogP) is 21.4. The van der Waals surface area contributed by atoms with Crippen molar-refractivity contribution in [3.8, 4) is 22.3 Å². The van der Waals surface area contributed by atoms with E-state index in [2.05, 4.69) is 236 Å². The van der Waals surface area contributed by atoms with Crippen molar-refractivity contribution in [3.05, 3.63) is 164 Å². The fourth-order valence-electron chi connectivity index (χ4n) is 22.6. The van der Waals surface area contributed by atoms with E-state index < -0.39 is 23.7 Å². The van der Waals surface area contributed by atoms with Gasteiger partial charge in [-0.2, -0.15) is 0 Å². The number of benzene rings is 6. The fraction of sp³-hybridized carbons (Fsp3) is 0.581. The zero-order chi connectivity index (χ0) is 63.2. The molecule has 0 aliphatic heterocycles. The second-order valence-electron chi connectivity index (χ2n) is 31.4. The molecule has 2 heteroatoms. The molecule has 0 unspecified atom stereocenters. The van der Waals surface area contributed by atoms with Crippen LogP contribution in [0.2, 0.25) is 0 Å². The molecule has 0 atom stereocenters. The summed E-state index contributed by atoms with van der Waals surface area (Å²) in [5.74, 6) is 0. The zero-order valence-corrected chi connectivity index (χ0v) is 63.6. The van der Waals surface area contributed by atoms with Gasteiger partial charge in [0.25, 0.3) is 0 Å². The Balaban J connectivity index is 1.47. The van der Waals surface area contributed by atoms with Gasteiger partial charge < -0.3 is 0 Å². The standard InChI is InChI=1S/C86H116Ge2/c1-21-79(22-2)53-83(29-9,30-10)71-67(79)51-68-72(84(31-11,32-12)54-80(68,23-3)24-4)75(71)87(57-45-47-61-59-41-37-39-43-63(59)77(17,18)65(61)49-57)88(58-46-48-62-60-42-38-40-44-64(60)78(19,20)66(62)50-58)76-73-69(81(25-5,26-6)55-85(73,33-13)34-14)52-70-74(76)86(35-15,36-16)56-82(70,27-7)28-8/h37-52H,21-36,53-56H2,1-20H3/b88-87+. The van der Waals surface area contributed by atoms with Gasteiger partial charge in [-0.05, 0) is 0 Å². The number of rotatable bonds is 20. The molecule has 12 rings (SSSR count). The molecule has 0 spiro atoms. The van der Waals surface area contributed by atoms with Crippen LogP contribution in [0.3, 0.4) is 0 Å². The van der Waals surface area contributed by atoms with Gasteiger partial charge in [0.2, 0.25) is 0 Å². The monoisotopic (exact) mass is 1300 g/mol. The molecule has 6 aliphatic carbocycles. The molecule has 6 aliphatic rings. The molecular weight excluding hydrogens is 1180 g/mol. The minimum atomic E-state index is -3.05. The summed E-state index contributed by atoms with van der Waals surface area (Å²) in [6, 6.07) is 42.5. The molecule has 0 heterocycles. The molecule has 0 aromatic heterocycles. The van der Waals surface area contributed by atoms with Crippen molar-refractivity contribution in [2.24, 2.45) is 0 Å². The molecule has 88 heavy (non-hydrogen) atoms. The summed E-state index contributed by atoms with van der Waals surface area (Å²) in [6.45, 7) is 52.5. The van der Waals surface area contributed by atoms with Crippen molar-refractivity contribution in [1.82, 2.24) is 0 Å². The second-order valence-corrected chi connectivity index (χ2v) is 50.0. The van der Waals surface area contributed by atoms with Gasteiger partial charge in [0.15, 0.2) is 0 Å². The Hall–Kier alpha value is -3.59. The predicted molar refractivity (Wildman–Crippen MR) is 387 cm³/mol. The first-order valence-corrected chi connectivity index (χ1v) is 47.5. The summed E-state index contributed by atoms with van der Waals surface area (Å²) in [5, 5.41) is 0. The van der Waals surface area contributed by atoms with Gasteiger partial charge in [0.1, 0.15) is 0 Å². The fourth-order valence-corrected chi connectivity index (χ4v) is 54.3. The van der Waals surface area contributed by atoms with Gasteiger partial charge in [-0.15, -0.1) is 0 Å². The molecule has 0 radical (unpaired) electrons. The zero-order valence-electron chi connectivity index (χ0n) is 59.4. The summed E-state index contributed by atoms with van der Waals surface area (Å²) in [6.07, 6.45) is 24.6. The van der Waals surface area contributed by atoms with E-state index in [1.54, 1.807) is 19.9 Å². The summed E-state index contributed by atoms with van der Waals surface area (Å²) < 4.78 is 7.71. The van der Waals surface area contributed by atoms with Crippen LogP contribution in [0.1, 0.15) is 334 Å². The molecule has 0 saturated heterocycles. The molecule has 6 aromatic rings. The Labute approximate surface area is 544 Å². The van der Waals surface area contributed by atoms with E-state index in [1.807, 2.05) is 53.3 Å².